The van der Waals surface area contributed by atoms with E-state index in [9.17, 15) is 9.59 Å². The Kier molecular flexibility index (Phi) is 9.63. The third-order valence-corrected chi connectivity index (χ3v) is 6.49. The molecule has 0 atom stereocenters. The highest BCUT2D eigenvalue weighted by Gasteiger charge is 2.24. The van der Waals surface area contributed by atoms with Gasteiger partial charge in [-0.15, -0.1) is 0 Å². The van der Waals surface area contributed by atoms with E-state index in [1.165, 1.54) is 4.90 Å². The first-order chi connectivity index (χ1) is 17.1. The molecule has 2 amide bonds. The predicted octanol–water partition coefficient (Wildman–Crippen LogP) is 7.01. The van der Waals surface area contributed by atoms with Crippen LogP contribution in [0.25, 0.3) is 5.69 Å². The van der Waals surface area contributed by atoms with Gasteiger partial charge in [-0.05, 0) is 36.8 Å². The van der Waals surface area contributed by atoms with Crippen LogP contribution in [0.2, 0.25) is 10.0 Å². The van der Waals surface area contributed by atoms with E-state index in [4.69, 9.17) is 32.7 Å². The molecule has 0 radical (unpaired) electrons. The highest BCUT2D eigenvalue weighted by molar-refractivity contribution is 6.42. The highest BCUT2D eigenvalue weighted by atomic mass is 35.5. The molecular formula is C27H34Cl2N4O3. The van der Waals surface area contributed by atoms with Crippen molar-refractivity contribution in [3.63, 3.8) is 0 Å². The molecule has 2 aromatic heterocycles. The topological polar surface area (TPSA) is 80.4 Å². The number of carbonyl (C=O) groups is 2. The third-order valence-electron chi connectivity index (χ3n) is 5.75. The summed E-state index contributed by atoms with van der Waals surface area (Å²) in [6, 6.07) is 10.6. The van der Waals surface area contributed by atoms with E-state index in [0.29, 0.717) is 33.7 Å². The molecule has 0 aliphatic carbocycles. The molecule has 0 aliphatic heterocycles. The van der Waals surface area contributed by atoms with Gasteiger partial charge in [0.05, 0.1) is 34.2 Å². The van der Waals surface area contributed by atoms with Crippen LogP contribution >= 0.6 is 23.2 Å². The predicted molar refractivity (Wildman–Crippen MR) is 144 cm³/mol. The standard InChI is InChI=1S/C27H34Cl2N4O3/c1-5-6-7-8-11-26(35)32(17-20-10-9-14-36-20)18-25(34)30-24-16-23(27(2,3)4)31-33(24)19-12-13-21(28)22(29)15-19/h9-10,12-16H,5-8,11,17-18H2,1-4H3,(H,30,34). The van der Waals surface area contributed by atoms with Crippen LogP contribution in [0.15, 0.2) is 47.1 Å². The lowest BCUT2D eigenvalue weighted by Crippen LogP contribution is -2.37. The monoisotopic (exact) mass is 532 g/mol. The van der Waals surface area contributed by atoms with Crippen molar-refractivity contribution in [3.8, 4) is 5.69 Å². The van der Waals surface area contributed by atoms with Crippen LogP contribution in [0, 0.1) is 0 Å². The molecule has 1 aromatic carbocycles. The Morgan fingerprint density at radius 1 is 1.08 bits per heavy atom. The second-order valence-corrected chi connectivity index (χ2v) is 10.7. The molecule has 0 unspecified atom stereocenters. The van der Waals surface area contributed by atoms with Crippen molar-refractivity contribution in [1.82, 2.24) is 14.7 Å². The molecule has 36 heavy (non-hydrogen) atoms. The van der Waals surface area contributed by atoms with Crippen LogP contribution in [0.5, 0.6) is 0 Å². The van der Waals surface area contributed by atoms with E-state index in [1.807, 2.05) is 26.8 Å². The molecule has 0 saturated carbocycles. The first kappa shape index (κ1) is 27.8. The smallest absolute Gasteiger partial charge is 0.245 e. The summed E-state index contributed by atoms with van der Waals surface area (Å²) in [7, 11) is 0. The van der Waals surface area contributed by atoms with Gasteiger partial charge in [-0.3, -0.25) is 9.59 Å². The number of benzene rings is 1. The number of anilines is 1. The molecule has 9 heteroatoms. The molecular weight excluding hydrogens is 499 g/mol. The van der Waals surface area contributed by atoms with E-state index in [2.05, 4.69) is 12.2 Å². The molecule has 3 rings (SSSR count). The fourth-order valence-electron chi connectivity index (χ4n) is 3.69. The first-order valence-corrected chi connectivity index (χ1v) is 13.0. The number of rotatable bonds is 11. The zero-order valence-corrected chi connectivity index (χ0v) is 22.8. The average molecular weight is 534 g/mol. The van der Waals surface area contributed by atoms with E-state index in [-0.39, 0.29) is 30.3 Å². The summed E-state index contributed by atoms with van der Waals surface area (Å²) in [4.78, 5) is 27.7. The summed E-state index contributed by atoms with van der Waals surface area (Å²) in [5.41, 5.74) is 1.21. The van der Waals surface area contributed by atoms with Gasteiger partial charge in [-0.2, -0.15) is 5.10 Å². The summed E-state index contributed by atoms with van der Waals surface area (Å²) < 4.78 is 7.06. The number of carbonyl (C=O) groups excluding carboxylic acids is 2. The van der Waals surface area contributed by atoms with Gasteiger partial charge in [-0.1, -0.05) is 70.2 Å². The Morgan fingerprint density at radius 3 is 2.50 bits per heavy atom. The van der Waals surface area contributed by atoms with Gasteiger partial charge in [0.2, 0.25) is 11.8 Å². The van der Waals surface area contributed by atoms with Gasteiger partial charge in [-0.25, -0.2) is 4.68 Å². The molecule has 0 bridgehead atoms. The molecule has 0 saturated heterocycles. The van der Waals surface area contributed by atoms with Gasteiger partial charge >= 0.3 is 0 Å². The van der Waals surface area contributed by atoms with E-state index in [0.717, 1.165) is 31.4 Å². The summed E-state index contributed by atoms with van der Waals surface area (Å²) >= 11 is 12.3. The van der Waals surface area contributed by atoms with Crippen LogP contribution in [0.3, 0.4) is 0 Å². The highest BCUT2D eigenvalue weighted by Crippen LogP contribution is 2.29. The molecule has 0 fully saturated rings. The maximum atomic E-state index is 13.2. The molecule has 2 heterocycles. The summed E-state index contributed by atoms with van der Waals surface area (Å²) in [5, 5.41) is 8.47. The van der Waals surface area contributed by atoms with Crippen LogP contribution < -0.4 is 5.32 Å². The van der Waals surface area contributed by atoms with Crippen molar-refractivity contribution in [1.29, 1.82) is 0 Å². The first-order valence-electron chi connectivity index (χ1n) is 12.2. The second kappa shape index (κ2) is 12.5. The molecule has 3 aromatic rings. The number of nitrogens with one attached hydrogen (secondary N) is 1. The Labute approximate surface area is 222 Å². The lowest BCUT2D eigenvalue weighted by atomic mass is 9.92. The SMILES string of the molecule is CCCCCCC(=O)N(CC(=O)Nc1cc(C(C)(C)C)nn1-c1ccc(Cl)c(Cl)c1)Cc1ccco1. The number of aromatic nitrogens is 2. The maximum Gasteiger partial charge on any atom is 0.245 e. The maximum absolute atomic E-state index is 13.2. The fourth-order valence-corrected chi connectivity index (χ4v) is 3.98. The van der Waals surface area contributed by atoms with Crippen molar-refractivity contribution in [2.75, 3.05) is 11.9 Å². The van der Waals surface area contributed by atoms with Crippen LogP contribution in [-0.2, 0) is 21.5 Å². The molecule has 0 spiro atoms. The largest absolute Gasteiger partial charge is 0.467 e. The number of nitrogens with zero attached hydrogens (tertiary/aromatic N) is 3. The summed E-state index contributed by atoms with van der Waals surface area (Å²) in [5.74, 6) is 0.702. The Bertz CT molecular complexity index is 1170. The molecule has 0 aliphatic rings. The Morgan fingerprint density at radius 2 is 1.86 bits per heavy atom. The van der Waals surface area contributed by atoms with Crippen molar-refractivity contribution < 1.29 is 14.0 Å². The van der Waals surface area contributed by atoms with Crippen LogP contribution in [-0.4, -0.2) is 33.0 Å². The lowest BCUT2D eigenvalue weighted by molar-refractivity contribution is -0.135. The number of halogens is 2. The van der Waals surface area contributed by atoms with E-state index < -0.39 is 0 Å². The van der Waals surface area contributed by atoms with Gasteiger partial charge in [0.15, 0.2) is 0 Å². The second-order valence-electron chi connectivity index (χ2n) is 9.86. The van der Waals surface area contributed by atoms with Crippen molar-refractivity contribution >= 4 is 40.8 Å². The molecule has 7 nitrogen and oxygen atoms in total. The minimum Gasteiger partial charge on any atom is -0.467 e. The lowest BCUT2D eigenvalue weighted by Gasteiger charge is -2.21. The molecule has 194 valence electrons. The normalized spacial score (nSPS) is 11.5. The van der Waals surface area contributed by atoms with Gasteiger partial charge in [0.1, 0.15) is 18.1 Å². The number of amides is 2. The Balaban J connectivity index is 1.81. The number of hydrogen-bond donors (Lipinski definition) is 1. The average Bonchev–Trinajstić information content (AvgIpc) is 3.48. The zero-order chi connectivity index (χ0) is 26.3. The van der Waals surface area contributed by atoms with E-state index in [1.54, 1.807) is 41.3 Å². The van der Waals surface area contributed by atoms with Crippen molar-refractivity contribution in [2.45, 2.75) is 71.8 Å². The van der Waals surface area contributed by atoms with Crippen LogP contribution in [0.1, 0.15) is 71.3 Å². The summed E-state index contributed by atoms with van der Waals surface area (Å²) in [6.45, 7) is 8.38. The van der Waals surface area contributed by atoms with Crippen LogP contribution in [0.4, 0.5) is 5.82 Å². The van der Waals surface area contributed by atoms with Gasteiger partial charge in [0.25, 0.3) is 0 Å². The number of hydrogen-bond acceptors (Lipinski definition) is 4. The zero-order valence-electron chi connectivity index (χ0n) is 21.3. The van der Waals surface area contributed by atoms with Gasteiger partial charge in [0, 0.05) is 17.9 Å². The quantitative estimate of drug-likeness (QED) is 0.269. The fraction of sp³-hybridized carbons (Fsp3) is 0.444. The van der Waals surface area contributed by atoms with Gasteiger partial charge < -0.3 is 14.6 Å². The third kappa shape index (κ3) is 7.61. The molecule has 1 N–H and O–H groups in total. The number of furan rings is 1. The van der Waals surface area contributed by atoms with Crippen molar-refractivity contribution in [3.05, 3.63) is 64.2 Å². The van der Waals surface area contributed by atoms with Crippen molar-refractivity contribution in [2.24, 2.45) is 0 Å². The Hall–Kier alpha value is -2.77. The number of unbranched alkanes of at least 4 members (excludes halogenated alkanes) is 3. The minimum atomic E-state index is -0.329. The summed E-state index contributed by atoms with van der Waals surface area (Å²) in [6.07, 6.45) is 5.91. The minimum absolute atomic E-state index is 0.0778. The van der Waals surface area contributed by atoms with E-state index >= 15 is 0 Å².